The first kappa shape index (κ1) is 16.1. The SMILES string of the molecule is Clc1ccc2cc(C3=Cc4ccccc4C34CCC4)n(-c3ccccn3)c2c1. The molecular weight excluding hydrogens is 364 g/mol. The van der Waals surface area contributed by atoms with Gasteiger partial charge in [0.15, 0.2) is 0 Å². The summed E-state index contributed by atoms with van der Waals surface area (Å²) in [5, 5.41) is 1.94. The number of fused-ring (bicyclic) bond motifs is 3. The van der Waals surface area contributed by atoms with Crippen LogP contribution in [-0.4, -0.2) is 9.55 Å². The van der Waals surface area contributed by atoms with Gasteiger partial charge in [0.05, 0.1) is 11.2 Å². The molecule has 0 radical (unpaired) electrons. The molecule has 136 valence electrons. The first-order valence-corrected chi connectivity index (χ1v) is 10.2. The van der Waals surface area contributed by atoms with Crippen LogP contribution in [0.4, 0.5) is 0 Å². The van der Waals surface area contributed by atoms with Gasteiger partial charge in [0.2, 0.25) is 0 Å². The van der Waals surface area contributed by atoms with Crippen LogP contribution in [-0.2, 0) is 5.41 Å². The Bertz CT molecular complexity index is 1250. The second-order valence-corrected chi connectivity index (χ2v) is 8.27. The van der Waals surface area contributed by atoms with E-state index >= 15 is 0 Å². The predicted octanol–water partition coefficient (Wildman–Crippen LogP) is 6.65. The third kappa shape index (κ3) is 2.12. The highest BCUT2D eigenvalue weighted by Gasteiger charge is 2.47. The van der Waals surface area contributed by atoms with E-state index in [0.29, 0.717) is 0 Å². The molecule has 6 rings (SSSR count). The van der Waals surface area contributed by atoms with Crippen molar-refractivity contribution in [2.45, 2.75) is 24.7 Å². The normalized spacial score (nSPS) is 16.8. The number of hydrogen-bond acceptors (Lipinski definition) is 1. The van der Waals surface area contributed by atoms with Crippen LogP contribution in [0.2, 0.25) is 5.02 Å². The second-order valence-electron chi connectivity index (χ2n) is 7.84. The van der Waals surface area contributed by atoms with Gasteiger partial charge >= 0.3 is 0 Å². The van der Waals surface area contributed by atoms with Crippen LogP contribution >= 0.6 is 11.6 Å². The quantitative estimate of drug-likeness (QED) is 0.379. The van der Waals surface area contributed by atoms with Gasteiger partial charge in [-0.05, 0) is 65.9 Å². The van der Waals surface area contributed by atoms with Gasteiger partial charge in [-0.3, -0.25) is 4.57 Å². The Morgan fingerprint density at radius 2 is 1.79 bits per heavy atom. The molecule has 2 nitrogen and oxygen atoms in total. The predicted molar refractivity (Wildman–Crippen MR) is 116 cm³/mol. The van der Waals surface area contributed by atoms with E-state index in [2.05, 4.69) is 58.1 Å². The first-order valence-electron chi connectivity index (χ1n) is 9.81. The minimum atomic E-state index is 0.140. The number of benzene rings is 2. The Morgan fingerprint density at radius 3 is 2.57 bits per heavy atom. The van der Waals surface area contributed by atoms with Crippen LogP contribution in [0.1, 0.15) is 36.1 Å². The van der Waals surface area contributed by atoms with E-state index in [4.69, 9.17) is 11.6 Å². The Labute approximate surface area is 169 Å². The average molecular weight is 383 g/mol. The fourth-order valence-corrected chi connectivity index (χ4v) is 5.16. The Kier molecular flexibility index (Phi) is 3.36. The monoisotopic (exact) mass is 382 g/mol. The molecule has 2 aliphatic rings. The standard InChI is InChI=1S/C25H19ClN2/c26-19-10-9-18-15-23(28(22(18)16-19)24-8-3-4-13-27-24)21-14-17-6-1-2-7-20(17)25(21)11-5-12-25/h1-4,6-10,13-16H,5,11-12H2. The zero-order valence-electron chi connectivity index (χ0n) is 15.4. The summed E-state index contributed by atoms with van der Waals surface area (Å²) in [4.78, 5) is 4.67. The lowest BCUT2D eigenvalue weighted by atomic mass is 9.61. The van der Waals surface area contributed by atoms with Crippen LogP contribution in [0.3, 0.4) is 0 Å². The number of pyridine rings is 1. The lowest BCUT2D eigenvalue weighted by molar-refractivity contribution is 0.331. The van der Waals surface area contributed by atoms with E-state index in [1.807, 2.05) is 30.5 Å². The molecule has 2 aromatic carbocycles. The number of aromatic nitrogens is 2. The van der Waals surface area contributed by atoms with Gasteiger partial charge in [0.25, 0.3) is 0 Å². The van der Waals surface area contributed by atoms with E-state index in [9.17, 15) is 0 Å². The van der Waals surface area contributed by atoms with Crippen LogP contribution in [0, 0.1) is 0 Å². The second kappa shape index (κ2) is 5.83. The molecule has 0 unspecified atom stereocenters. The van der Waals surface area contributed by atoms with Crippen molar-refractivity contribution in [3.8, 4) is 5.82 Å². The van der Waals surface area contributed by atoms with Crippen LogP contribution < -0.4 is 0 Å². The van der Waals surface area contributed by atoms with Gasteiger partial charge in [-0.25, -0.2) is 4.98 Å². The molecule has 0 amide bonds. The summed E-state index contributed by atoms with van der Waals surface area (Å²) in [6.45, 7) is 0. The highest BCUT2D eigenvalue weighted by Crippen LogP contribution is 2.58. The summed E-state index contributed by atoms with van der Waals surface area (Å²) < 4.78 is 2.28. The fraction of sp³-hybridized carbons (Fsp3) is 0.160. The van der Waals surface area contributed by atoms with Crippen molar-refractivity contribution in [1.82, 2.24) is 9.55 Å². The highest BCUT2D eigenvalue weighted by molar-refractivity contribution is 6.31. The van der Waals surface area contributed by atoms with Crippen molar-refractivity contribution in [1.29, 1.82) is 0 Å². The molecular formula is C25H19ClN2. The summed E-state index contributed by atoms with van der Waals surface area (Å²) in [7, 11) is 0. The summed E-state index contributed by atoms with van der Waals surface area (Å²) in [5.41, 5.74) is 6.72. The first-order chi connectivity index (χ1) is 13.8. The van der Waals surface area contributed by atoms with Gasteiger partial charge in [-0.2, -0.15) is 0 Å². The lowest BCUT2D eigenvalue weighted by Crippen LogP contribution is -2.34. The van der Waals surface area contributed by atoms with Crippen molar-refractivity contribution in [3.63, 3.8) is 0 Å². The molecule has 1 spiro atoms. The fourth-order valence-electron chi connectivity index (χ4n) is 4.99. The van der Waals surface area contributed by atoms with Gasteiger partial charge < -0.3 is 0 Å². The summed E-state index contributed by atoms with van der Waals surface area (Å²) >= 11 is 6.37. The zero-order chi connectivity index (χ0) is 18.7. The van der Waals surface area contributed by atoms with Crippen molar-refractivity contribution in [2.24, 2.45) is 0 Å². The topological polar surface area (TPSA) is 17.8 Å². The van der Waals surface area contributed by atoms with E-state index in [0.717, 1.165) is 16.4 Å². The average Bonchev–Trinajstić information content (AvgIpc) is 3.23. The molecule has 28 heavy (non-hydrogen) atoms. The molecule has 3 heteroatoms. The minimum Gasteiger partial charge on any atom is -0.294 e. The number of allylic oxidation sites excluding steroid dienone is 1. The Hall–Kier alpha value is -2.84. The maximum absolute atomic E-state index is 6.37. The third-order valence-corrected chi connectivity index (χ3v) is 6.65. The van der Waals surface area contributed by atoms with Gasteiger partial charge in [-0.1, -0.05) is 54.4 Å². The number of halogens is 1. The molecule has 4 aromatic rings. The number of nitrogens with zero attached hydrogens (tertiary/aromatic N) is 2. The van der Waals surface area contributed by atoms with E-state index < -0.39 is 0 Å². The van der Waals surface area contributed by atoms with Gasteiger partial charge in [0.1, 0.15) is 5.82 Å². The van der Waals surface area contributed by atoms with Crippen molar-refractivity contribution >= 4 is 34.2 Å². The van der Waals surface area contributed by atoms with Crippen LogP contribution in [0.25, 0.3) is 28.4 Å². The Balaban J connectivity index is 1.66. The maximum Gasteiger partial charge on any atom is 0.137 e. The largest absolute Gasteiger partial charge is 0.294 e. The third-order valence-electron chi connectivity index (χ3n) is 6.42. The summed E-state index contributed by atoms with van der Waals surface area (Å²) in [6, 6.07) is 23.4. The van der Waals surface area contributed by atoms with Crippen molar-refractivity contribution < 1.29 is 0 Å². The molecule has 0 N–H and O–H groups in total. The molecule has 0 saturated heterocycles. The zero-order valence-corrected chi connectivity index (χ0v) is 16.2. The maximum atomic E-state index is 6.37. The van der Waals surface area contributed by atoms with Crippen LogP contribution in [0.5, 0.6) is 0 Å². The van der Waals surface area contributed by atoms with Gasteiger partial charge in [0, 0.05) is 22.0 Å². The molecule has 1 saturated carbocycles. The minimum absolute atomic E-state index is 0.140. The van der Waals surface area contributed by atoms with Crippen LogP contribution in [0.15, 0.2) is 72.9 Å². The molecule has 0 bridgehead atoms. The van der Waals surface area contributed by atoms with Crippen molar-refractivity contribution in [3.05, 3.63) is 94.8 Å². The molecule has 2 heterocycles. The van der Waals surface area contributed by atoms with Gasteiger partial charge in [-0.15, -0.1) is 0 Å². The molecule has 2 aliphatic carbocycles. The summed E-state index contributed by atoms with van der Waals surface area (Å²) in [6.07, 6.45) is 7.94. The Morgan fingerprint density at radius 1 is 0.929 bits per heavy atom. The molecule has 0 aliphatic heterocycles. The molecule has 2 aromatic heterocycles. The number of hydrogen-bond donors (Lipinski definition) is 0. The highest BCUT2D eigenvalue weighted by atomic mass is 35.5. The lowest BCUT2D eigenvalue weighted by Gasteiger charge is -2.42. The summed E-state index contributed by atoms with van der Waals surface area (Å²) in [5.74, 6) is 0.932. The van der Waals surface area contributed by atoms with Crippen molar-refractivity contribution in [2.75, 3.05) is 0 Å². The smallest absolute Gasteiger partial charge is 0.137 e. The van der Waals surface area contributed by atoms with E-state index in [-0.39, 0.29) is 5.41 Å². The van der Waals surface area contributed by atoms with E-state index in [1.54, 1.807) is 0 Å². The molecule has 0 atom stereocenters. The van der Waals surface area contributed by atoms with E-state index in [1.165, 1.54) is 47.0 Å². The number of rotatable bonds is 2. The molecule has 1 fully saturated rings.